The predicted octanol–water partition coefficient (Wildman–Crippen LogP) is 4.28. The molecule has 0 spiro atoms. The number of anilines is 1. The van der Waals surface area contributed by atoms with Gasteiger partial charge in [-0.15, -0.1) is 5.10 Å². The maximum absolute atomic E-state index is 13.5. The van der Waals surface area contributed by atoms with Gasteiger partial charge in [-0.25, -0.2) is 4.52 Å². The summed E-state index contributed by atoms with van der Waals surface area (Å²) in [5.74, 6) is -0.360. The molecule has 0 N–H and O–H groups in total. The van der Waals surface area contributed by atoms with Crippen molar-refractivity contribution >= 4 is 23.9 Å². The van der Waals surface area contributed by atoms with E-state index in [1.54, 1.807) is 21.5 Å². The SMILES string of the molecule is N#CCC1(n2cc(-c3cccc4nc(N(C=O)C5CC5)nn34)cn2)CCN(C(=O)c2ccccc2C(F)(F)F)CC1. The molecule has 2 aliphatic rings. The zero-order valence-electron chi connectivity index (χ0n) is 21.8. The number of amides is 2. The molecule has 0 atom stereocenters. The minimum Gasteiger partial charge on any atom is -0.338 e. The van der Waals surface area contributed by atoms with Gasteiger partial charge in [-0.2, -0.15) is 28.5 Å². The van der Waals surface area contributed by atoms with Crippen molar-refractivity contribution in [1.82, 2.24) is 29.3 Å². The van der Waals surface area contributed by atoms with Crippen molar-refractivity contribution in [3.63, 3.8) is 0 Å². The van der Waals surface area contributed by atoms with Gasteiger partial charge in [-0.1, -0.05) is 18.2 Å². The molecule has 1 aliphatic heterocycles. The minimum atomic E-state index is -4.64. The number of fused-ring (bicyclic) bond motifs is 1. The Labute approximate surface area is 232 Å². The Kier molecular flexibility index (Phi) is 6.48. The number of alkyl halides is 3. The van der Waals surface area contributed by atoms with E-state index in [9.17, 15) is 28.0 Å². The smallest absolute Gasteiger partial charge is 0.338 e. The lowest BCUT2D eigenvalue weighted by molar-refractivity contribution is -0.138. The summed E-state index contributed by atoms with van der Waals surface area (Å²) in [6, 6.07) is 12.6. The molecular weight excluding hydrogens is 537 g/mol. The van der Waals surface area contributed by atoms with Gasteiger partial charge in [-0.05, 0) is 49.9 Å². The number of hydrogen-bond acceptors (Lipinski definition) is 6. The highest BCUT2D eigenvalue weighted by atomic mass is 19.4. The Hall–Kier alpha value is -4.73. The van der Waals surface area contributed by atoms with E-state index in [1.807, 2.05) is 18.3 Å². The van der Waals surface area contributed by atoms with Gasteiger partial charge in [0.25, 0.3) is 11.9 Å². The first kappa shape index (κ1) is 26.5. The Bertz CT molecular complexity index is 1660. The lowest BCUT2D eigenvalue weighted by Gasteiger charge is -2.41. The molecule has 2 amide bonds. The number of aromatic nitrogens is 5. The van der Waals surface area contributed by atoms with Gasteiger partial charge in [0.15, 0.2) is 5.65 Å². The zero-order valence-corrected chi connectivity index (χ0v) is 21.8. The molecule has 3 aromatic heterocycles. The van der Waals surface area contributed by atoms with Crippen molar-refractivity contribution < 1.29 is 22.8 Å². The number of piperidine rings is 1. The van der Waals surface area contributed by atoms with Crippen LogP contribution in [0.1, 0.15) is 48.0 Å². The van der Waals surface area contributed by atoms with E-state index >= 15 is 0 Å². The number of nitrogens with zero attached hydrogens (tertiary/aromatic N) is 8. The van der Waals surface area contributed by atoms with Crippen LogP contribution in [0.25, 0.3) is 16.9 Å². The minimum absolute atomic E-state index is 0.113. The summed E-state index contributed by atoms with van der Waals surface area (Å²) in [5, 5.41) is 18.8. The van der Waals surface area contributed by atoms with Crippen LogP contribution in [-0.2, 0) is 16.5 Å². The Morgan fingerprint density at radius 2 is 1.90 bits per heavy atom. The number of halogens is 3. The van der Waals surface area contributed by atoms with Crippen LogP contribution < -0.4 is 4.90 Å². The number of carbonyl (C=O) groups is 2. The average Bonchev–Trinajstić information content (AvgIpc) is 3.50. The normalized spacial score (nSPS) is 16.9. The number of nitriles is 1. The molecular formula is C28H25F3N8O2. The number of carbonyl (C=O) groups excluding carboxylic acids is 2. The van der Waals surface area contributed by atoms with Crippen LogP contribution in [0.4, 0.5) is 19.1 Å². The van der Waals surface area contributed by atoms with Crippen molar-refractivity contribution in [2.45, 2.75) is 49.9 Å². The van der Waals surface area contributed by atoms with Crippen molar-refractivity contribution in [2.24, 2.45) is 0 Å². The molecule has 4 aromatic rings. The fourth-order valence-electron chi connectivity index (χ4n) is 5.43. The van der Waals surface area contributed by atoms with Crippen LogP contribution in [0, 0.1) is 11.3 Å². The van der Waals surface area contributed by atoms with Crippen LogP contribution in [0.3, 0.4) is 0 Å². The van der Waals surface area contributed by atoms with Crippen molar-refractivity contribution in [2.75, 3.05) is 18.0 Å². The van der Waals surface area contributed by atoms with Gasteiger partial charge >= 0.3 is 6.18 Å². The van der Waals surface area contributed by atoms with Crippen LogP contribution in [0.15, 0.2) is 54.9 Å². The van der Waals surface area contributed by atoms with Gasteiger partial charge in [-0.3, -0.25) is 19.2 Å². The number of likely N-dealkylation sites (tertiary alicyclic amines) is 1. The summed E-state index contributed by atoms with van der Waals surface area (Å²) in [6.07, 6.45) is 2.18. The molecule has 4 heterocycles. The largest absolute Gasteiger partial charge is 0.417 e. The Morgan fingerprint density at radius 3 is 2.59 bits per heavy atom. The molecule has 1 aliphatic carbocycles. The molecule has 210 valence electrons. The number of pyridine rings is 1. The third-order valence-corrected chi connectivity index (χ3v) is 7.85. The Morgan fingerprint density at radius 1 is 1.15 bits per heavy atom. The summed E-state index contributed by atoms with van der Waals surface area (Å²) >= 11 is 0. The molecule has 0 bridgehead atoms. The highest BCUT2D eigenvalue weighted by Crippen LogP contribution is 2.37. The average molecular weight is 563 g/mol. The fourth-order valence-corrected chi connectivity index (χ4v) is 5.43. The quantitative estimate of drug-likeness (QED) is 0.311. The van der Waals surface area contributed by atoms with Crippen molar-refractivity contribution in [1.29, 1.82) is 5.26 Å². The van der Waals surface area contributed by atoms with Crippen molar-refractivity contribution in [3.8, 4) is 17.3 Å². The van der Waals surface area contributed by atoms with Crippen molar-refractivity contribution in [3.05, 3.63) is 66.0 Å². The highest BCUT2D eigenvalue weighted by Gasteiger charge is 2.41. The van der Waals surface area contributed by atoms with E-state index in [0.29, 0.717) is 35.7 Å². The van der Waals surface area contributed by atoms with Crippen LogP contribution in [0.5, 0.6) is 0 Å². The maximum atomic E-state index is 13.5. The molecule has 2 fully saturated rings. The van der Waals surface area contributed by atoms with Gasteiger partial charge in [0, 0.05) is 30.9 Å². The standard InChI is InChI=1S/C28H25F3N8O2/c29-28(30,31)22-5-2-1-4-21(22)25(41)36-14-11-27(10-13-32,12-15-36)38-17-19(16-33-38)23-6-3-7-24-34-26(35-39(23)24)37(18-40)20-8-9-20/h1-7,16-18,20H,8-12,14-15H2. The fraction of sp³-hybridized carbons (Fsp3) is 0.357. The molecule has 1 aromatic carbocycles. The second kappa shape index (κ2) is 10.0. The second-order valence-corrected chi connectivity index (χ2v) is 10.4. The maximum Gasteiger partial charge on any atom is 0.417 e. The first-order chi connectivity index (χ1) is 19.7. The molecule has 10 nitrogen and oxygen atoms in total. The topological polar surface area (TPSA) is 112 Å². The number of benzene rings is 1. The lowest BCUT2D eigenvalue weighted by atomic mass is 9.84. The highest BCUT2D eigenvalue weighted by molar-refractivity contribution is 5.96. The van der Waals surface area contributed by atoms with E-state index in [-0.39, 0.29) is 31.1 Å². The molecule has 6 rings (SSSR count). The molecule has 0 radical (unpaired) electrons. The number of hydrogen-bond donors (Lipinski definition) is 0. The molecule has 41 heavy (non-hydrogen) atoms. The van der Waals surface area contributed by atoms with E-state index in [2.05, 4.69) is 21.3 Å². The molecule has 13 heteroatoms. The summed E-state index contributed by atoms with van der Waals surface area (Å²) in [7, 11) is 0. The number of rotatable bonds is 7. The Balaban J connectivity index is 1.26. The first-order valence-electron chi connectivity index (χ1n) is 13.2. The summed E-state index contributed by atoms with van der Waals surface area (Å²) in [6.45, 7) is 0.346. The van der Waals surface area contributed by atoms with Crippen LogP contribution >= 0.6 is 0 Å². The van der Waals surface area contributed by atoms with Crippen LogP contribution in [-0.4, -0.2) is 60.7 Å². The lowest BCUT2D eigenvalue weighted by Crippen LogP contribution is -2.48. The van der Waals surface area contributed by atoms with Crippen LogP contribution in [0.2, 0.25) is 0 Å². The summed E-state index contributed by atoms with van der Waals surface area (Å²) in [5.41, 5.74) is -0.118. The summed E-state index contributed by atoms with van der Waals surface area (Å²) in [4.78, 5) is 32.2. The predicted molar refractivity (Wildman–Crippen MR) is 141 cm³/mol. The first-order valence-corrected chi connectivity index (χ1v) is 13.2. The monoisotopic (exact) mass is 562 g/mol. The third-order valence-electron chi connectivity index (χ3n) is 7.85. The molecule has 1 saturated heterocycles. The van der Waals surface area contributed by atoms with E-state index < -0.39 is 23.2 Å². The van der Waals surface area contributed by atoms with Gasteiger partial charge in [0.2, 0.25) is 6.41 Å². The second-order valence-electron chi connectivity index (χ2n) is 10.4. The van der Waals surface area contributed by atoms with E-state index in [0.717, 1.165) is 25.3 Å². The van der Waals surface area contributed by atoms with Gasteiger partial charge < -0.3 is 4.90 Å². The summed E-state index contributed by atoms with van der Waals surface area (Å²) < 4.78 is 43.9. The van der Waals surface area contributed by atoms with Gasteiger partial charge in [0.1, 0.15) is 0 Å². The zero-order chi connectivity index (χ0) is 28.8. The van der Waals surface area contributed by atoms with E-state index in [4.69, 9.17) is 0 Å². The molecule has 1 saturated carbocycles. The third kappa shape index (κ3) is 4.79. The molecule has 0 unspecified atom stereocenters. The van der Waals surface area contributed by atoms with Gasteiger partial charge in [0.05, 0.1) is 41.0 Å². The van der Waals surface area contributed by atoms with E-state index in [1.165, 1.54) is 28.0 Å².